The summed E-state index contributed by atoms with van der Waals surface area (Å²) in [6.07, 6.45) is 0.774. The molecular weight excluding hydrogens is 329 g/mol. The molecule has 1 amide bonds. The number of amides is 1. The first-order valence-electron chi connectivity index (χ1n) is 7.50. The van der Waals surface area contributed by atoms with Crippen LogP contribution in [0.25, 0.3) is 11.3 Å². The van der Waals surface area contributed by atoms with E-state index >= 15 is 0 Å². The van der Waals surface area contributed by atoms with Crippen LogP contribution in [0.5, 0.6) is 0 Å². The highest BCUT2D eigenvalue weighted by molar-refractivity contribution is 6.30. The molecule has 3 nitrogen and oxygen atoms in total. The Kier molecular flexibility index (Phi) is 4.96. The zero-order valence-corrected chi connectivity index (χ0v) is 13.5. The summed E-state index contributed by atoms with van der Waals surface area (Å²) >= 11 is 5.88. The first-order chi connectivity index (χ1) is 11.6. The molecule has 24 heavy (non-hydrogen) atoms. The van der Waals surface area contributed by atoms with Gasteiger partial charge in [0.2, 0.25) is 5.91 Å². The highest BCUT2D eigenvalue weighted by atomic mass is 35.5. The number of anilines is 1. The fourth-order valence-electron chi connectivity index (χ4n) is 2.31. The third kappa shape index (κ3) is 4.24. The number of aryl methyl sites for hydroxylation is 1. The number of carbonyl (C=O) groups excluding carboxylic acids is 1. The van der Waals surface area contributed by atoms with E-state index in [1.165, 1.54) is 12.1 Å². The average molecular weight is 344 g/mol. The monoisotopic (exact) mass is 343 g/mol. The molecule has 0 spiro atoms. The van der Waals surface area contributed by atoms with Crippen LogP contribution >= 0.6 is 11.6 Å². The number of hydrogen-bond acceptors (Lipinski definition) is 2. The number of nitrogens with one attached hydrogen (secondary N) is 1. The van der Waals surface area contributed by atoms with Crippen molar-refractivity contribution in [2.24, 2.45) is 0 Å². The topological polar surface area (TPSA) is 42.2 Å². The van der Waals surface area contributed by atoms with Gasteiger partial charge < -0.3 is 9.73 Å². The van der Waals surface area contributed by atoms with Crippen molar-refractivity contribution in [3.05, 3.63) is 77.3 Å². The number of benzene rings is 2. The first kappa shape index (κ1) is 16.3. The van der Waals surface area contributed by atoms with Crippen molar-refractivity contribution in [2.75, 3.05) is 5.32 Å². The fraction of sp³-hybridized carbons (Fsp3) is 0.105. The minimum Gasteiger partial charge on any atom is -0.461 e. The molecule has 0 saturated heterocycles. The predicted octanol–water partition coefficient (Wildman–Crippen LogP) is 5.31. The maximum absolute atomic E-state index is 12.9. The van der Waals surface area contributed by atoms with Crippen molar-refractivity contribution in [3.8, 4) is 11.3 Å². The molecule has 0 aliphatic carbocycles. The highest BCUT2D eigenvalue weighted by Crippen LogP contribution is 2.23. The van der Waals surface area contributed by atoms with E-state index in [1.807, 2.05) is 12.1 Å². The largest absolute Gasteiger partial charge is 0.461 e. The van der Waals surface area contributed by atoms with Gasteiger partial charge >= 0.3 is 0 Å². The van der Waals surface area contributed by atoms with Gasteiger partial charge in [-0.15, -0.1) is 0 Å². The van der Waals surface area contributed by atoms with Crippen molar-refractivity contribution in [1.29, 1.82) is 0 Å². The van der Waals surface area contributed by atoms with E-state index in [-0.39, 0.29) is 11.7 Å². The molecule has 2 aromatic carbocycles. The minimum absolute atomic E-state index is 0.114. The second-order valence-corrected chi connectivity index (χ2v) is 5.77. The number of carbonyl (C=O) groups is 1. The van der Waals surface area contributed by atoms with Crippen LogP contribution in [0.4, 0.5) is 10.1 Å². The zero-order valence-electron chi connectivity index (χ0n) is 12.8. The molecule has 0 bridgehead atoms. The maximum Gasteiger partial charge on any atom is 0.224 e. The zero-order chi connectivity index (χ0) is 16.9. The predicted molar refractivity (Wildman–Crippen MR) is 92.5 cm³/mol. The Bertz CT molecular complexity index is 843. The molecule has 0 aliphatic heterocycles. The maximum atomic E-state index is 12.9. The van der Waals surface area contributed by atoms with Crippen molar-refractivity contribution in [2.45, 2.75) is 12.8 Å². The molecule has 1 N–H and O–H groups in total. The van der Waals surface area contributed by atoms with Crippen molar-refractivity contribution in [3.63, 3.8) is 0 Å². The SMILES string of the molecule is O=C(CCc1ccc(-c2ccc(F)cc2)o1)Nc1cccc(Cl)c1. The van der Waals surface area contributed by atoms with Crippen LogP contribution < -0.4 is 5.32 Å². The van der Waals surface area contributed by atoms with E-state index in [4.69, 9.17) is 16.0 Å². The van der Waals surface area contributed by atoms with Crippen LogP contribution in [0.15, 0.2) is 65.1 Å². The second kappa shape index (κ2) is 7.32. The van der Waals surface area contributed by atoms with Gasteiger partial charge in [0.05, 0.1) is 0 Å². The van der Waals surface area contributed by atoms with Gasteiger partial charge in [-0.3, -0.25) is 4.79 Å². The normalized spacial score (nSPS) is 10.6. The van der Waals surface area contributed by atoms with E-state index in [0.717, 1.165) is 5.56 Å². The van der Waals surface area contributed by atoms with Crippen molar-refractivity contribution < 1.29 is 13.6 Å². The van der Waals surface area contributed by atoms with Gasteiger partial charge in [0.1, 0.15) is 17.3 Å². The Morgan fingerprint density at radius 3 is 2.62 bits per heavy atom. The van der Waals surface area contributed by atoms with Crippen molar-refractivity contribution >= 4 is 23.2 Å². The molecule has 3 rings (SSSR count). The molecule has 1 heterocycles. The van der Waals surface area contributed by atoms with Crippen LogP contribution in [-0.4, -0.2) is 5.91 Å². The average Bonchev–Trinajstić information content (AvgIpc) is 3.03. The molecule has 0 saturated carbocycles. The summed E-state index contributed by atoms with van der Waals surface area (Å²) in [6.45, 7) is 0. The highest BCUT2D eigenvalue weighted by Gasteiger charge is 2.08. The quantitative estimate of drug-likeness (QED) is 0.682. The summed E-state index contributed by atoms with van der Waals surface area (Å²) in [5.74, 6) is 0.955. The fourth-order valence-corrected chi connectivity index (χ4v) is 2.50. The van der Waals surface area contributed by atoms with Gasteiger partial charge in [-0.05, 0) is 54.6 Å². The summed E-state index contributed by atoms with van der Waals surface area (Å²) in [5.41, 5.74) is 1.46. The summed E-state index contributed by atoms with van der Waals surface area (Å²) in [5, 5.41) is 3.36. The van der Waals surface area contributed by atoms with E-state index in [0.29, 0.717) is 35.1 Å². The van der Waals surface area contributed by atoms with E-state index in [1.54, 1.807) is 36.4 Å². The van der Waals surface area contributed by atoms with Crippen LogP contribution in [0, 0.1) is 5.82 Å². The number of halogens is 2. The lowest BCUT2D eigenvalue weighted by atomic mass is 10.2. The Morgan fingerprint density at radius 2 is 1.88 bits per heavy atom. The summed E-state index contributed by atoms with van der Waals surface area (Å²) < 4.78 is 18.6. The van der Waals surface area contributed by atoms with Crippen LogP contribution in [0.2, 0.25) is 5.02 Å². The molecule has 0 atom stereocenters. The number of furan rings is 1. The molecule has 122 valence electrons. The van der Waals surface area contributed by atoms with E-state index < -0.39 is 0 Å². The van der Waals surface area contributed by atoms with Gasteiger partial charge in [0.25, 0.3) is 0 Å². The lowest BCUT2D eigenvalue weighted by molar-refractivity contribution is -0.116. The van der Waals surface area contributed by atoms with Gasteiger partial charge in [-0.1, -0.05) is 17.7 Å². The molecular formula is C19H15ClFNO2. The third-order valence-electron chi connectivity index (χ3n) is 3.50. The summed E-state index contributed by atoms with van der Waals surface area (Å²) in [4.78, 5) is 12.0. The van der Waals surface area contributed by atoms with Gasteiger partial charge in [0, 0.05) is 29.1 Å². The van der Waals surface area contributed by atoms with Crippen LogP contribution in [0.3, 0.4) is 0 Å². The molecule has 0 radical (unpaired) electrons. The van der Waals surface area contributed by atoms with Crippen LogP contribution in [0.1, 0.15) is 12.2 Å². The molecule has 0 unspecified atom stereocenters. The van der Waals surface area contributed by atoms with E-state index in [2.05, 4.69) is 5.32 Å². The lowest BCUT2D eigenvalue weighted by Crippen LogP contribution is -2.12. The minimum atomic E-state index is -0.289. The van der Waals surface area contributed by atoms with Gasteiger partial charge in [0.15, 0.2) is 0 Å². The van der Waals surface area contributed by atoms with Gasteiger partial charge in [-0.2, -0.15) is 0 Å². The molecule has 3 aromatic rings. The summed E-state index contributed by atoms with van der Waals surface area (Å²) in [7, 11) is 0. The van der Waals surface area contributed by atoms with Crippen LogP contribution in [-0.2, 0) is 11.2 Å². The number of rotatable bonds is 5. The first-order valence-corrected chi connectivity index (χ1v) is 7.88. The van der Waals surface area contributed by atoms with Gasteiger partial charge in [-0.25, -0.2) is 4.39 Å². The van der Waals surface area contributed by atoms with E-state index in [9.17, 15) is 9.18 Å². The Hall–Kier alpha value is -2.59. The standard InChI is InChI=1S/C19H15ClFNO2/c20-14-2-1-3-16(12-14)22-19(23)11-9-17-8-10-18(24-17)13-4-6-15(21)7-5-13/h1-8,10,12H,9,11H2,(H,22,23). The molecule has 5 heteroatoms. The lowest BCUT2D eigenvalue weighted by Gasteiger charge is -2.04. The Balaban J connectivity index is 1.57. The Labute approximate surface area is 144 Å². The number of hydrogen-bond donors (Lipinski definition) is 1. The molecule has 0 fully saturated rings. The summed E-state index contributed by atoms with van der Waals surface area (Å²) in [6, 6.07) is 16.7. The Morgan fingerprint density at radius 1 is 1.08 bits per heavy atom. The smallest absolute Gasteiger partial charge is 0.224 e. The molecule has 1 aromatic heterocycles. The third-order valence-corrected chi connectivity index (χ3v) is 3.73. The molecule has 0 aliphatic rings. The second-order valence-electron chi connectivity index (χ2n) is 5.33. The van der Waals surface area contributed by atoms with Crippen molar-refractivity contribution in [1.82, 2.24) is 0 Å².